The third kappa shape index (κ3) is 4.30. The van der Waals surface area contributed by atoms with Gasteiger partial charge in [-0.3, -0.25) is 0 Å². The number of rotatable bonds is 7. The van der Waals surface area contributed by atoms with Crippen molar-refractivity contribution in [2.24, 2.45) is 0 Å². The molecule has 0 aliphatic carbocycles. The molecule has 18 heavy (non-hydrogen) atoms. The lowest BCUT2D eigenvalue weighted by Gasteiger charge is -2.33. The van der Waals surface area contributed by atoms with Crippen molar-refractivity contribution in [1.82, 2.24) is 5.32 Å². The van der Waals surface area contributed by atoms with E-state index in [9.17, 15) is 4.39 Å². The van der Waals surface area contributed by atoms with Crippen molar-refractivity contribution in [2.45, 2.75) is 46.2 Å². The molecule has 0 bridgehead atoms. The molecule has 1 aromatic rings. The standard InChI is InChI=1S/C15H25FN2/c1-5-14(11-17-12(3)4)18(6-2)15-9-7-13(16)8-10-15/h7-10,12,14,17H,5-6,11H2,1-4H3. The van der Waals surface area contributed by atoms with Crippen LogP contribution in [0.1, 0.15) is 34.1 Å². The summed E-state index contributed by atoms with van der Waals surface area (Å²) in [6.07, 6.45) is 1.07. The highest BCUT2D eigenvalue weighted by Crippen LogP contribution is 2.18. The molecule has 0 heterocycles. The Morgan fingerprint density at radius 2 is 1.78 bits per heavy atom. The molecule has 0 amide bonds. The summed E-state index contributed by atoms with van der Waals surface area (Å²) in [6, 6.07) is 7.71. The maximum atomic E-state index is 13.0. The molecule has 0 spiro atoms. The summed E-state index contributed by atoms with van der Waals surface area (Å²) in [5.41, 5.74) is 1.09. The molecule has 102 valence electrons. The Morgan fingerprint density at radius 1 is 1.17 bits per heavy atom. The van der Waals surface area contributed by atoms with E-state index in [1.165, 1.54) is 12.1 Å². The maximum absolute atomic E-state index is 13.0. The van der Waals surface area contributed by atoms with E-state index in [0.29, 0.717) is 12.1 Å². The fourth-order valence-corrected chi connectivity index (χ4v) is 2.13. The van der Waals surface area contributed by atoms with E-state index in [1.54, 1.807) is 0 Å². The van der Waals surface area contributed by atoms with Crippen molar-refractivity contribution >= 4 is 5.69 Å². The van der Waals surface area contributed by atoms with Gasteiger partial charge in [-0.05, 0) is 37.6 Å². The molecule has 1 unspecified atom stereocenters. The van der Waals surface area contributed by atoms with E-state index in [1.807, 2.05) is 12.1 Å². The van der Waals surface area contributed by atoms with Gasteiger partial charge in [0.25, 0.3) is 0 Å². The van der Waals surface area contributed by atoms with E-state index in [0.717, 1.165) is 25.2 Å². The molecule has 0 radical (unpaired) electrons. The highest BCUT2D eigenvalue weighted by Gasteiger charge is 2.15. The molecule has 1 rings (SSSR count). The van der Waals surface area contributed by atoms with Crippen LogP contribution in [-0.4, -0.2) is 25.2 Å². The zero-order chi connectivity index (χ0) is 13.5. The number of halogens is 1. The van der Waals surface area contributed by atoms with E-state index < -0.39 is 0 Å². The highest BCUT2D eigenvalue weighted by molar-refractivity contribution is 5.47. The summed E-state index contributed by atoms with van der Waals surface area (Å²) in [6.45, 7) is 10.5. The Labute approximate surface area is 110 Å². The molecule has 0 fully saturated rings. The predicted molar refractivity (Wildman–Crippen MR) is 76.6 cm³/mol. The van der Waals surface area contributed by atoms with Gasteiger partial charge in [0.2, 0.25) is 0 Å². The number of benzene rings is 1. The van der Waals surface area contributed by atoms with Crippen LogP contribution in [0.2, 0.25) is 0 Å². The van der Waals surface area contributed by atoms with Crippen LogP contribution in [0, 0.1) is 5.82 Å². The largest absolute Gasteiger partial charge is 0.368 e. The normalized spacial score (nSPS) is 12.8. The molecule has 1 N–H and O–H groups in total. The van der Waals surface area contributed by atoms with E-state index >= 15 is 0 Å². The molecule has 1 atom stereocenters. The van der Waals surface area contributed by atoms with Gasteiger partial charge >= 0.3 is 0 Å². The van der Waals surface area contributed by atoms with Gasteiger partial charge < -0.3 is 10.2 Å². The second kappa shape index (κ2) is 7.37. The minimum absolute atomic E-state index is 0.178. The topological polar surface area (TPSA) is 15.3 Å². The van der Waals surface area contributed by atoms with E-state index in [4.69, 9.17) is 0 Å². The van der Waals surface area contributed by atoms with Crippen molar-refractivity contribution in [1.29, 1.82) is 0 Å². The van der Waals surface area contributed by atoms with Crippen molar-refractivity contribution < 1.29 is 4.39 Å². The Kier molecular flexibility index (Phi) is 6.13. The van der Waals surface area contributed by atoms with Crippen LogP contribution in [0.3, 0.4) is 0 Å². The lowest BCUT2D eigenvalue weighted by Crippen LogP contribution is -2.43. The number of hydrogen-bond acceptors (Lipinski definition) is 2. The van der Waals surface area contributed by atoms with E-state index in [2.05, 4.69) is 37.9 Å². The lowest BCUT2D eigenvalue weighted by molar-refractivity contribution is 0.491. The van der Waals surface area contributed by atoms with Gasteiger partial charge in [0.05, 0.1) is 0 Å². The fourth-order valence-electron chi connectivity index (χ4n) is 2.13. The Bertz CT molecular complexity index is 335. The van der Waals surface area contributed by atoms with Gasteiger partial charge in [0.1, 0.15) is 5.82 Å². The van der Waals surface area contributed by atoms with E-state index in [-0.39, 0.29) is 5.82 Å². The highest BCUT2D eigenvalue weighted by atomic mass is 19.1. The quantitative estimate of drug-likeness (QED) is 0.800. The van der Waals surface area contributed by atoms with Crippen LogP contribution >= 0.6 is 0 Å². The number of nitrogens with zero attached hydrogens (tertiary/aromatic N) is 1. The van der Waals surface area contributed by atoms with Crippen molar-refractivity contribution in [3.05, 3.63) is 30.1 Å². The third-order valence-corrected chi connectivity index (χ3v) is 3.17. The van der Waals surface area contributed by atoms with Gasteiger partial charge in [0, 0.05) is 30.9 Å². The van der Waals surface area contributed by atoms with Gasteiger partial charge in [-0.2, -0.15) is 0 Å². The lowest BCUT2D eigenvalue weighted by atomic mass is 10.1. The number of likely N-dealkylation sites (N-methyl/N-ethyl adjacent to an activating group) is 1. The summed E-state index contributed by atoms with van der Waals surface area (Å²) >= 11 is 0. The molecule has 2 nitrogen and oxygen atoms in total. The summed E-state index contributed by atoms with van der Waals surface area (Å²) in [4.78, 5) is 2.33. The van der Waals surface area contributed by atoms with Gasteiger partial charge in [-0.1, -0.05) is 20.8 Å². The first-order chi connectivity index (χ1) is 8.58. The average molecular weight is 252 g/mol. The predicted octanol–water partition coefficient (Wildman–Crippen LogP) is 3.43. The third-order valence-electron chi connectivity index (χ3n) is 3.17. The zero-order valence-electron chi connectivity index (χ0n) is 11.9. The Hall–Kier alpha value is -1.09. The molecule has 0 saturated heterocycles. The van der Waals surface area contributed by atoms with Crippen molar-refractivity contribution in [3.63, 3.8) is 0 Å². The fraction of sp³-hybridized carbons (Fsp3) is 0.600. The first-order valence-electron chi connectivity index (χ1n) is 6.84. The summed E-state index contributed by atoms with van der Waals surface area (Å²) in [7, 11) is 0. The maximum Gasteiger partial charge on any atom is 0.123 e. The summed E-state index contributed by atoms with van der Waals surface area (Å²) in [5.74, 6) is -0.178. The first-order valence-corrected chi connectivity index (χ1v) is 6.84. The van der Waals surface area contributed by atoms with Crippen LogP contribution in [0.25, 0.3) is 0 Å². The molecule has 0 aliphatic heterocycles. The SMILES string of the molecule is CCC(CNC(C)C)N(CC)c1ccc(F)cc1. The minimum atomic E-state index is -0.178. The van der Waals surface area contributed by atoms with Crippen molar-refractivity contribution in [3.8, 4) is 0 Å². The smallest absolute Gasteiger partial charge is 0.123 e. The summed E-state index contributed by atoms with van der Waals surface area (Å²) < 4.78 is 13.0. The number of hydrogen-bond donors (Lipinski definition) is 1. The van der Waals surface area contributed by atoms with Crippen LogP contribution in [-0.2, 0) is 0 Å². The zero-order valence-corrected chi connectivity index (χ0v) is 11.9. The molecular weight excluding hydrogens is 227 g/mol. The first kappa shape index (κ1) is 15.0. The summed E-state index contributed by atoms with van der Waals surface area (Å²) in [5, 5.41) is 3.48. The molecule has 0 saturated carbocycles. The molecule has 3 heteroatoms. The van der Waals surface area contributed by atoms with Gasteiger partial charge in [0.15, 0.2) is 0 Å². The Balaban J connectivity index is 2.75. The van der Waals surface area contributed by atoms with Crippen LogP contribution in [0.15, 0.2) is 24.3 Å². The molecular formula is C15H25FN2. The van der Waals surface area contributed by atoms with Crippen LogP contribution < -0.4 is 10.2 Å². The van der Waals surface area contributed by atoms with Gasteiger partial charge in [-0.25, -0.2) is 4.39 Å². The second-order valence-electron chi connectivity index (χ2n) is 4.89. The van der Waals surface area contributed by atoms with Gasteiger partial charge in [-0.15, -0.1) is 0 Å². The Morgan fingerprint density at radius 3 is 2.22 bits per heavy atom. The minimum Gasteiger partial charge on any atom is -0.368 e. The number of anilines is 1. The molecule has 0 aromatic heterocycles. The average Bonchev–Trinajstić information content (AvgIpc) is 2.35. The molecule has 1 aromatic carbocycles. The number of nitrogens with one attached hydrogen (secondary N) is 1. The molecule has 0 aliphatic rings. The monoisotopic (exact) mass is 252 g/mol. The van der Waals surface area contributed by atoms with Crippen LogP contribution in [0.4, 0.5) is 10.1 Å². The van der Waals surface area contributed by atoms with Crippen molar-refractivity contribution in [2.75, 3.05) is 18.0 Å². The second-order valence-corrected chi connectivity index (χ2v) is 4.89. The van der Waals surface area contributed by atoms with Crippen LogP contribution in [0.5, 0.6) is 0 Å².